The van der Waals surface area contributed by atoms with Gasteiger partial charge in [-0.15, -0.1) is 0 Å². The fraction of sp³-hybridized carbons (Fsp3) is 0.471. The van der Waals surface area contributed by atoms with Gasteiger partial charge in [0.05, 0.1) is 5.69 Å². The molecule has 3 N–H and O–H groups in total. The zero-order valence-corrected chi connectivity index (χ0v) is 13.0. The number of H-pyrrole nitrogens is 1. The second-order valence-electron chi connectivity index (χ2n) is 6.10. The predicted octanol–water partition coefficient (Wildman–Crippen LogP) is 3.69. The Morgan fingerprint density at radius 2 is 1.90 bits per heavy atom. The van der Waals surface area contributed by atoms with Crippen LogP contribution in [0.25, 0.3) is 11.3 Å². The Kier molecular flexibility index (Phi) is 5.12. The number of hydrogen-bond donors (Lipinski definition) is 2. The highest BCUT2D eigenvalue weighted by Crippen LogP contribution is 2.23. The molecule has 2 rings (SSSR count). The fourth-order valence-electron chi connectivity index (χ4n) is 2.71. The molecule has 21 heavy (non-hydrogen) atoms. The molecule has 114 valence electrons. The van der Waals surface area contributed by atoms with Gasteiger partial charge >= 0.3 is 0 Å². The van der Waals surface area contributed by atoms with Crippen molar-refractivity contribution in [3.63, 3.8) is 0 Å². The first-order chi connectivity index (χ1) is 9.99. The topological polar surface area (TPSA) is 54.7 Å². The highest BCUT2D eigenvalue weighted by Gasteiger charge is 2.15. The Morgan fingerprint density at radius 1 is 1.24 bits per heavy atom. The molecule has 0 amide bonds. The third-order valence-electron chi connectivity index (χ3n) is 3.67. The molecular formula is C17H24FN3. The van der Waals surface area contributed by atoms with Crippen molar-refractivity contribution in [1.82, 2.24) is 9.97 Å². The summed E-state index contributed by atoms with van der Waals surface area (Å²) < 4.78 is 13.0. The summed E-state index contributed by atoms with van der Waals surface area (Å²) in [5, 5.41) is 0. The predicted molar refractivity (Wildman–Crippen MR) is 84.4 cm³/mol. The molecule has 3 nitrogen and oxygen atoms in total. The highest BCUT2D eigenvalue weighted by molar-refractivity contribution is 5.61. The van der Waals surface area contributed by atoms with Crippen LogP contribution in [0.4, 0.5) is 4.39 Å². The first-order valence-corrected chi connectivity index (χ1v) is 7.51. The lowest BCUT2D eigenvalue weighted by molar-refractivity contribution is 0.409. The number of nitrogens with two attached hydrogens (primary N) is 1. The summed E-state index contributed by atoms with van der Waals surface area (Å²) in [6.07, 6.45) is 1.96. The van der Waals surface area contributed by atoms with Gasteiger partial charge in [0, 0.05) is 17.7 Å². The molecule has 0 radical (unpaired) electrons. The van der Waals surface area contributed by atoms with Gasteiger partial charge in [-0.05, 0) is 56.0 Å². The molecule has 0 saturated carbocycles. The van der Waals surface area contributed by atoms with Crippen molar-refractivity contribution in [2.45, 2.75) is 33.6 Å². The molecule has 0 aliphatic carbocycles. The van der Waals surface area contributed by atoms with E-state index in [1.165, 1.54) is 12.1 Å². The van der Waals surface area contributed by atoms with Gasteiger partial charge in [-0.25, -0.2) is 9.37 Å². The Bertz CT molecular complexity index is 572. The minimum absolute atomic E-state index is 0.229. The number of benzene rings is 1. The van der Waals surface area contributed by atoms with Crippen LogP contribution in [0.5, 0.6) is 0 Å². The van der Waals surface area contributed by atoms with E-state index in [9.17, 15) is 4.39 Å². The summed E-state index contributed by atoms with van der Waals surface area (Å²) in [6.45, 7) is 7.08. The van der Waals surface area contributed by atoms with Crippen molar-refractivity contribution in [1.29, 1.82) is 0 Å². The number of halogens is 1. The zero-order valence-electron chi connectivity index (χ0n) is 13.0. The van der Waals surface area contributed by atoms with Gasteiger partial charge in [-0.3, -0.25) is 0 Å². The van der Waals surface area contributed by atoms with Crippen molar-refractivity contribution in [2.24, 2.45) is 17.6 Å². The van der Waals surface area contributed by atoms with Gasteiger partial charge in [-0.2, -0.15) is 0 Å². The molecule has 1 aromatic carbocycles. The van der Waals surface area contributed by atoms with Crippen molar-refractivity contribution >= 4 is 0 Å². The molecule has 1 heterocycles. The van der Waals surface area contributed by atoms with E-state index in [0.717, 1.165) is 35.6 Å². The van der Waals surface area contributed by atoms with Crippen LogP contribution in [0, 0.1) is 24.6 Å². The van der Waals surface area contributed by atoms with E-state index in [-0.39, 0.29) is 5.82 Å². The Hall–Kier alpha value is -1.68. The van der Waals surface area contributed by atoms with Crippen LogP contribution < -0.4 is 5.73 Å². The van der Waals surface area contributed by atoms with Crippen LogP contribution >= 0.6 is 0 Å². The maximum atomic E-state index is 13.0. The lowest BCUT2D eigenvalue weighted by Crippen LogP contribution is -2.19. The van der Waals surface area contributed by atoms with Crippen molar-refractivity contribution in [3.05, 3.63) is 41.6 Å². The lowest BCUT2D eigenvalue weighted by atomic mass is 9.94. The molecular weight excluding hydrogens is 265 g/mol. The average molecular weight is 289 g/mol. The van der Waals surface area contributed by atoms with Crippen molar-refractivity contribution in [3.8, 4) is 11.3 Å². The van der Waals surface area contributed by atoms with E-state index in [1.54, 1.807) is 12.1 Å². The van der Waals surface area contributed by atoms with E-state index >= 15 is 0 Å². The van der Waals surface area contributed by atoms with Crippen LogP contribution in [-0.2, 0) is 6.42 Å². The molecule has 1 unspecified atom stereocenters. The molecule has 0 aliphatic heterocycles. The summed E-state index contributed by atoms with van der Waals surface area (Å²) in [7, 11) is 0. The SMILES string of the molecule is Cc1[nH]c(CC(CN)CC(C)C)nc1-c1ccc(F)cc1. The van der Waals surface area contributed by atoms with Gasteiger partial charge < -0.3 is 10.7 Å². The number of hydrogen-bond acceptors (Lipinski definition) is 2. The Morgan fingerprint density at radius 3 is 2.48 bits per heavy atom. The van der Waals surface area contributed by atoms with Crippen LogP contribution in [0.1, 0.15) is 31.8 Å². The molecule has 0 fully saturated rings. The number of aromatic amines is 1. The van der Waals surface area contributed by atoms with E-state index < -0.39 is 0 Å². The third-order valence-corrected chi connectivity index (χ3v) is 3.67. The average Bonchev–Trinajstić information content (AvgIpc) is 2.79. The zero-order chi connectivity index (χ0) is 15.4. The number of nitrogens with one attached hydrogen (secondary N) is 1. The summed E-state index contributed by atoms with van der Waals surface area (Å²) in [5.74, 6) is 1.80. The number of aryl methyl sites for hydroxylation is 1. The van der Waals surface area contributed by atoms with Gasteiger partial charge in [0.15, 0.2) is 0 Å². The van der Waals surface area contributed by atoms with Crippen LogP contribution in [0.2, 0.25) is 0 Å². The van der Waals surface area contributed by atoms with Crippen LogP contribution in [0.3, 0.4) is 0 Å². The summed E-state index contributed by atoms with van der Waals surface area (Å²) in [5.41, 5.74) is 8.70. The van der Waals surface area contributed by atoms with Gasteiger partial charge in [0.25, 0.3) is 0 Å². The second kappa shape index (κ2) is 6.85. The first kappa shape index (κ1) is 15.7. The van der Waals surface area contributed by atoms with Crippen molar-refractivity contribution < 1.29 is 4.39 Å². The lowest BCUT2D eigenvalue weighted by Gasteiger charge is -2.15. The van der Waals surface area contributed by atoms with E-state index in [2.05, 4.69) is 23.8 Å². The quantitative estimate of drug-likeness (QED) is 0.852. The maximum absolute atomic E-state index is 13.0. The van der Waals surface area contributed by atoms with Gasteiger partial charge in [0.1, 0.15) is 11.6 Å². The summed E-state index contributed by atoms with van der Waals surface area (Å²) in [6, 6.07) is 6.45. The second-order valence-corrected chi connectivity index (χ2v) is 6.10. The molecule has 0 aliphatic rings. The Balaban J connectivity index is 2.16. The summed E-state index contributed by atoms with van der Waals surface area (Å²) in [4.78, 5) is 8.01. The molecule has 1 atom stereocenters. The smallest absolute Gasteiger partial charge is 0.123 e. The first-order valence-electron chi connectivity index (χ1n) is 7.51. The van der Waals surface area contributed by atoms with Gasteiger partial charge in [-0.1, -0.05) is 13.8 Å². The third kappa shape index (κ3) is 4.14. The van der Waals surface area contributed by atoms with E-state index in [1.807, 2.05) is 6.92 Å². The standard InChI is InChI=1S/C17H24FN3/c1-11(2)8-13(10-19)9-16-20-12(3)17(21-16)14-4-6-15(18)7-5-14/h4-7,11,13H,8-10,19H2,1-3H3,(H,20,21). The Labute approximate surface area is 125 Å². The molecule has 4 heteroatoms. The highest BCUT2D eigenvalue weighted by atomic mass is 19.1. The van der Waals surface area contributed by atoms with Crippen LogP contribution in [0.15, 0.2) is 24.3 Å². The van der Waals surface area contributed by atoms with Crippen molar-refractivity contribution in [2.75, 3.05) is 6.54 Å². The fourth-order valence-corrected chi connectivity index (χ4v) is 2.71. The monoisotopic (exact) mass is 289 g/mol. The number of nitrogens with zero attached hydrogens (tertiary/aromatic N) is 1. The minimum Gasteiger partial charge on any atom is -0.346 e. The maximum Gasteiger partial charge on any atom is 0.123 e. The molecule has 0 spiro atoms. The number of rotatable bonds is 6. The normalized spacial score (nSPS) is 12.9. The van der Waals surface area contributed by atoms with E-state index in [4.69, 9.17) is 5.73 Å². The van der Waals surface area contributed by atoms with Crippen LogP contribution in [-0.4, -0.2) is 16.5 Å². The number of imidazole rings is 1. The minimum atomic E-state index is -0.229. The largest absolute Gasteiger partial charge is 0.346 e. The molecule has 0 saturated heterocycles. The summed E-state index contributed by atoms with van der Waals surface area (Å²) >= 11 is 0. The number of aromatic nitrogens is 2. The van der Waals surface area contributed by atoms with Gasteiger partial charge in [0.2, 0.25) is 0 Å². The van der Waals surface area contributed by atoms with E-state index in [0.29, 0.717) is 18.4 Å². The molecule has 0 bridgehead atoms. The molecule has 1 aromatic heterocycles. The molecule has 2 aromatic rings.